The number of carbonyl (C=O) groups is 1. The van der Waals surface area contributed by atoms with Gasteiger partial charge in [-0.25, -0.2) is 0 Å². The number of allylic oxidation sites excluding steroid dienone is 9. The summed E-state index contributed by atoms with van der Waals surface area (Å²) >= 11 is 0. The summed E-state index contributed by atoms with van der Waals surface area (Å²) < 4.78 is 0. The van der Waals surface area contributed by atoms with Gasteiger partial charge in [-0.1, -0.05) is 235 Å². The quantitative estimate of drug-likeness (QED) is 0.0364. The summed E-state index contributed by atoms with van der Waals surface area (Å²) in [6.45, 7) is 4.04. The molecule has 338 valence electrons. The van der Waals surface area contributed by atoms with Crippen LogP contribution < -0.4 is 5.32 Å². The van der Waals surface area contributed by atoms with Gasteiger partial charge in [0.05, 0.1) is 18.8 Å². The standard InChI is InChI=1S/C53H97NO4/c1-3-5-7-9-11-13-15-16-17-18-19-20-21-22-23-24-25-26-27-28-29-30-31-32-33-34-35-36-37-38-40-42-44-46-48-52(57)53(58)54-50(49-55)51(56)47-45-43-41-39-14-12-10-8-6-4-2/h6,8,14,21-22,24-25,39,45,47,50-52,55-57H,3-5,7,9-13,15-20,23,26-38,40-44,46,48-49H2,1-2H3,(H,54,58)/b8-6+,22-21-,25-24-,39-14+,47-45+. The average molecular weight is 812 g/mol. The van der Waals surface area contributed by atoms with Crippen LogP contribution in [-0.2, 0) is 4.79 Å². The molecule has 0 radical (unpaired) electrons. The topological polar surface area (TPSA) is 89.8 Å². The van der Waals surface area contributed by atoms with E-state index in [0.29, 0.717) is 6.42 Å². The molecule has 0 aliphatic rings. The van der Waals surface area contributed by atoms with Crippen molar-refractivity contribution < 1.29 is 20.1 Å². The zero-order chi connectivity index (χ0) is 42.3. The predicted molar refractivity (Wildman–Crippen MR) is 254 cm³/mol. The maximum atomic E-state index is 12.4. The highest BCUT2D eigenvalue weighted by atomic mass is 16.3. The van der Waals surface area contributed by atoms with Gasteiger partial charge in [0.25, 0.3) is 0 Å². The van der Waals surface area contributed by atoms with Gasteiger partial charge in [-0.05, 0) is 70.6 Å². The lowest BCUT2D eigenvalue weighted by Crippen LogP contribution is -2.48. The number of aliphatic hydroxyl groups is 3. The van der Waals surface area contributed by atoms with Gasteiger partial charge in [0.1, 0.15) is 6.10 Å². The normalized spacial score (nSPS) is 13.9. The largest absolute Gasteiger partial charge is 0.394 e. The van der Waals surface area contributed by atoms with Crippen molar-refractivity contribution in [2.75, 3.05) is 6.61 Å². The van der Waals surface area contributed by atoms with E-state index < -0.39 is 24.2 Å². The number of aliphatic hydroxyl groups excluding tert-OH is 3. The maximum absolute atomic E-state index is 12.4. The molecule has 0 aromatic carbocycles. The van der Waals surface area contributed by atoms with E-state index >= 15 is 0 Å². The molecule has 5 nitrogen and oxygen atoms in total. The second-order valence-electron chi connectivity index (χ2n) is 17.0. The van der Waals surface area contributed by atoms with Crippen LogP contribution in [-0.4, -0.2) is 46.1 Å². The summed E-state index contributed by atoms with van der Waals surface area (Å²) in [5.41, 5.74) is 0. The van der Waals surface area contributed by atoms with Gasteiger partial charge in [-0.2, -0.15) is 0 Å². The number of hydrogen-bond acceptors (Lipinski definition) is 4. The third-order valence-electron chi connectivity index (χ3n) is 11.3. The van der Waals surface area contributed by atoms with Gasteiger partial charge in [0.15, 0.2) is 0 Å². The number of hydrogen-bond donors (Lipinski definition) is 4. The highest BCUT2D eigenvalue weighted by molar-refractivity contribution is 5.80. The van der Waals surface area contributed by atoms with E-state index in [2.05, 4.69) is 67.8 Å². The fourth-order valence-corrected chi connectivity index (χ4v) is 7.43. The van der Waals surface area contributed by atoms with Crippen LogP contribution in [0, 0.1) is 0 Å². The van der Waals surface area contributed by atoms with E-state index in [1.165, 1.54) is 167 Å². The van der Waals surface area contributed by atoms with Gasteiger partial charge in [0, 0.05) is 0 Å². The lowest BCUT2D eigenvalue weighted by molar-refractivity contribution is -0.131. The fourth-order valence-electron chi connectivity index (χ4n) is 7.43. The van der Waals surface area contributed by atoms with E-state index in [0.717, 1.165) is 57.8 Å². The van der Waals surface area contributed by atoms with Crippen LogP contribution in [0.15, 0.2) is 60.8 Å². The first-order valence-electron chi connectivity index (χ1n) is 25.1. The number of carbonyl (C=O) groups excluding carboxylic acids is 1. The van der Waals surface area contributed by atoms with E-state index in [-0.39, 0.29) is 6.61 Å². The second kappa shape index (κ2) is 47.7. The Morgan fingerprint density at radius 1 is 0.448 bits per heavy atom. The molecule has 3 atom stereocenters. The fraction of sp³-hybridized carbons (Fsp3) is 0.792. The van der Waals surface area contributed by atoms with Crippen molar-refractivity contribution in [3.05, 3.63) is 60.8 Å². The first-order valence-corrected chi connectivity index (χ1v) is 25.1. The summed E-state index contributed by atoms with van der Waals surface area (Å²) in [5, 5.41) is 33.0. The molecule has 0 heterocycles. The summed E-state index contributed by atoms with van der Waals surface area (Å²) in [4.78, 5) is 12.4. The molecule has 0 saturated carbocycles. The molecular formula is C53H97NO4. The van der Waals surface area contributed by atoms with Crippen LogP contribution in [0.2, 0.25) is 0 Å². The highest BCUT2D eigenvalue weighted by Crippen LogP contribution is 2.16. The van der Waals surface area contributed by atoms with Crippen molar-refractivity contribution in [2.24, 2.45) is 0 Å². The van der Waals surface area contributed by atoms with Gasteiger partial charge in [0.2, 0.25) is 5.91 Å². The molecule has 0 saturated heterocycles. The van der Waals surface area contributed by atoms with Crippen LogP contribution in [0.3, 0.4) is 0 Å². The average Bonchev–Trinajstić information content (AvgIpc) is 3.23. The van der Waals surface area contributed by atoms with Crippen molar-refractivity contribution in [3.63, 3.8) is 0 Å². The molecule has 1 amide bonds. The highest BCUT2D eigenvalue weighted by Gasteiger charge is 2.22. The Kier molecular flexibility index (Phi) is 46.1. The van der Waals surface area contributed by atoms with Gasteiger partial charge >= 0.3 is 0 Å². The van der Waals surface area contributed by atoms with Gasteiger partial charge in [-0.15, -0.1) is 0 Å². The summed E-state index contributed by atoms with van der Waals surface area (Å²) in [5.74, 6) is -0.520. The number of amides is 1. The van der Waals surface area contributed by atoms with Crippen molar-refractivity contribution in [3.8, 4) is 0 Å². The molecule has 0 spiro atoms. The van der Waals surface area contributed by atoms with Gasteiger partial charge < -0.3 is 20.6 Å². The van der Waals surface area contributed by atoms with Crippen molar-refractivity contribution in [2.45, 2.75) is 263 Å². The lowest BCUT2D eigenvalue weighted by Gasteiger charge is -2.21. The minimum Gasteiger partial charge on any atom is -0.394 e. The minimum atomic E-state index is -1.11. The summed E-state index contributed by atoms with van der Waals surface area (Å²) in [7, 11) is 0. The molecule has 0 rings (SSSR count). The maximum Gasteiger partial charge on any atom is 0.249 e. The smallest absolute Gasteiger partial charge is 0.249 e. The predicted octanol–water partition coefficient (Wildman–Crippen LogP) is 15.0. The molecule has 0 bridgehead atoms. The van der Waals surface area contributed by atoms with Crippen LogP contribution in [0.4, 0.5) is 0 Å². The van der Waals surface area contributed by atoms with Gasteiger partial charge in [-0.3, -0.25) is 4.79 Å². The van der Waals surface area contributed by atoms with Crippen LogP contribution in [0.5, 0.6) is 0 Å². The van der Waals surface area contributed by atoms with Crippen LogP contribution in [0.25, 0.3) is 0 Å². The molecule has 58 heavy (non-hydrogen) atoms. The molecule has 0 fully saturated rings. The summed E-state index contributed by atoms with van der Waals surface area (Å²) in [6.07, 6.45) is 64.5. The van der Waals surface area contributed by atoms with Crippen molar-refractivity contribution >= 4 is 5.91 Å². The molecule has 0 aliphatic carbocycles. The zero-order valence-electron chi connectivity index (χ0n) is 38.4. The summed E-state index contributed by atoms with van der Waals surface area (Å²) in [6, 6.07) is -0.821. The lowest BCUT2D eigenvalue weighted by atomic mass is 10.0. The SMILES string of the molecule is CC/C=C/CC/C=C/CC/C=C/C(O)C(CO)NC(=O)C(O)CCCCCCCCCCCCCCCCCC/C=C\C/C=C\CCCCCCCCCCCCC. The van der Waals surface area contributed by atoms with Crippen molar-refractivity contribution in [1.82, 2.24) is 5.32 Å². The molecule has 0 aromatic heterocycles. The van der Waals surface area contributed by atoms with E-state index in [4.69, 9.17) is 0 Å². The Bertz CT molecular complexity index is 985. The van der Waals surface area contributed by atoms with Crippen molar-refractivity contribution in [1.29, 1.82) is 0 Å². The molecule has 4 N–H and O–H groups in total. The minimum absolute atomic E-state index is 0.383. The Hall–Kier alpha value is -1.95. The Balaban J connectivity index is 3.52. The number of unbranched alkanes of at least 4 members (excludes halogenated alkanes) is 29. The molecule has 0 aromatic rings. The van der Waals surface area contributed by atoms with E-state index in [9.17, 15) is 20.1 Å². The van der Waals surface area contributed by atoms with E-state index in [1.807, 2.05) is 6.08 Å². The third kappa shape index (κ3) is 42.2. The monoisotopic (exact) mass is 812 g/mol. The van der Waals surface area contributed by atoms with Crippen LogP contribution in [0.1, 0.15) is 245 Å². The Labute approximate surface area is 360 Å². The number of nitrogens with one attached hydrogen (secondary N) is 1. The zero-order valence-corrected chi connectivity index (χ0v) is 38.4. The molecule has 3 unspecified atom stereocenters. The molecule has 5 heteroatoms. The van der Waals surface area contributed by atoms with E-state index in [1.54, 1.807) is 6.08 Å². The Morgan fingerprint density at radius 3 is 1.22 bits per heavy atom. The van der Waals surface area contributed by atoms with Crippen LogP contribution >= 0.6 is 0 Å². The molecular weight excluding hydrogens is 715 g/mol. The molecule has 0 aliphatic heterocycles. The first kappa shape index (κ1) is 56.0. The first-order chi connectivity index (χ1) is 28.6. The number of rotatable bonds is 45. The second-order valence-corrected chi connectivity index (χ2v) is 17.0. The Morgan fingerprint density at radius 2 is 0.810 bits per heavy atom. The third-order valence-corrected chi connectivity index (χ3v) is 11.3.